The van der Waals surface area contributed by atoms with E-state index in [1.807, 2.05) is 17.7 Å². The average Bonchev–Trinajstić information content (AvgIpc) is 2.78. The maximum Gasteiger partial charge on any atom is 0.142 e. The van der Waals surface area contributed by atoms with Crippen LogP contribution in [0.2, 0.25) is 5.02 Å². The fourth-order valence-corrected chi connectivity index (χ4v) is 2.40. The number of fused-ring (bicyclic) bond motifs is 1. The summed E-state index contributed by atoms with van der Waals surface area (Å²) in [5.41, 5.74) is 2.61. The third-order valence-corrected chi connectivity index (χ3v) is 3.59. The zero-order chi connectivity index (χ0) is 14.3. The van der Waals surface area contributed by atoms with Gasteiger partial charge in [-0.2, -0.15) is 5.26 Å². The van der Waals surface area contributed by atoms with Gasteiger partial charge in [0.2, 0.25) is 0 Å². The molecular weight excluding hydrogens is 277 g/mol. The van der Waals surface area contributed by atoms with E-state index in [1.165, 1.54) is 6.07 Å². The summed E-state index contributed by atoms with van der Waals surface area (Å²) in [4.78, 5) is 4.45. The minimum Gasteiger partial charge on any atom is -0.327 e. The lowest BCUT2D eigenvalue weighted by molar-refractivity contribution is 0.628. The first-order chi connectivity index (χ1) is 9.61. The molecule has 0 bridgehead atoms. The van der Waals surface area contributed by atoms with Gasteiger partial charge >= 0.3 is 0 Å². The molecule has 3 aromatic rings. The van der Waals surface area contributed by atoms with Gasteiger partial charge in [-0.05, 0) is 30.3 Å². The number of nitriles is 1. The van der Waals surface area contributed by atoms with Crippen molar-refractivity contribution in [3.05, 3.63) is 52.8 Å². The molecule has 20 heavy (non-hydrogen) atoms. The van der Waals surface area contributed by atoms with E-state index in [-0.39, 0.29) is 5.02 Å². The van der Waals surface area contributed by atoms with E-state index in [9.17, 15) is 4.39 Å². The first kappa shape index (κ1) is 12.6. The first-order valence-electron chi connectivity index (χ1n) is 5.93. The Bertz CT molecular complexity index is 861. The summed E-state index contributed by atoms with van der Waals surface area (Å²) in [5, 5.41) is 8.96. The molecule has 5 heteroatoms. The highest BCUT2D eigenvalue weighted by molar-refractivity contribution is 6.33. The van der Waals surface area contributed by atoms with Crippen molar-refractivity contribution in [1.29, 1.82) is 5.26 Å². The molecule has 0 saturated heterocycles. The monoisotopic (exact) mass is 285 g/mol. The second-order valence-corrected chi connectivity index (χ2v) is 4.79. The summed E-state index contributed by atoms with van der Waals surface area (Å²) < 4.78 is 15.4. The standard InChI is InChI=1S/C15H9ClFN3/c1-20-13-6-5-9(8-18)7-12(13)19-15(20)10-3-2-4-11(17)14(10)16/h2-7H,1H3. The third kappa shape index (κ3) is 1.84. The lowest BCUT2D eigenvalue weighted by Gasteiger charge is -2.05. The Hall–Kier alpha value is -2.38. The molecule has 0 aliphatic rings. The molecule has 0 aliphatic carbocycles. The van der Waals surface area contributed by atoms with E-state index in [2.05, 4.69) is 11.1 Å². The van der Waals surface area contributed by atoms with Gasteiger partial charge in [0.25, 0.3) is 0 Å². The Labute approximate surface area is 119 Å². The van der Waals surface area contributed by atoms with Crippen LogP contribution < -0.4 is 0 Å². The minimum atomic E-state index is -0.478. The van der Waals surface area contributed by atoms with E-state index in [1.54, 1.807) is 24.3 Å². The van der Waals surface area contributed by atoms with Crippen LogP contribution in [0.4, 0.5) is 4.39 Å². The maximum absolute atomic E-state index is 13.6. The maximum atomic E-state index is 13.6. The van der Waals surface area contributed by atoms with Crippen molar-refractivity contribution in [1.82, 2.24) is 9.55 Å². The molecule has 0 atom stereocenters. The number of aromatic nitrogens is 2. The molecule has 0 spiro atoms. The van der Waals surface area contributed by atoms with Crippen LogP contribution in [0, 0.1) is 17.1 Å². The van der Waals surface area contributed by atoms with E-state index in [0.29, 0.717) is 22.5 Å². The summed E-state index contributed by atoms with van der Waals surface area (Å²) in [6.45, 7) is 0. The molecule has 98 valence electrons. The number of hydrogen-bond acceptors (Lipinski definition) is 2. The second-order valence-electron chi connectivity index (χ2n) is 4.41. The van der Waals surface area contributed by atoms with Crippen molar-refractivity contribution < 1.29 is 4.39 Å². The molecule has 0 radical (unpaired) electrons. The van der Waals surface area contributed by atoms with Crippen LogP contribution in [0.15, 0.2) is 36.4 Å². The Morgan fingerprint density at radius 1 is 1.30 bits per heavy atom. The molecule has 3 nitrogen and oxygen atoms in total. The zero-order valence-corrected chi connectivity index (χ0v) is 11.3. The Morgan fingerprint density at radius 3 is 2.85 bits per heavy atom. The van der Waals surface area contributed by atoms with Gasteiger partial charge in [-0.1, -0.05) is 17.7 Å². The Kier molecular flexibility index (Phi) is 2.92. The van der Waals surface area contributed by atoms with Gasteiger partial charge in [0.05, 0.1) is 27.7 Å². The van der Waals surface area contributed by atoms with Crippen molar-refractivity contribution in [2.75, 3.05) is 0 Å². The summed E-state index contributed by atoms with van der Waals surface area (Å²) in [5.74, 6) is 0.0912. The average molecular weight is 286 g/mol. The van der Waals surface area contributed by atoms with Crippen LogP contribution in [0.1, 0.15) is 5.56 Å². The molecule has 1 heterocycles. The van der Waals surface area contributed by atoms with Crippen LogP contribution in [0.25, 0.3) is 22.4 Å². The van der Waals surface area contributed by atoms with Crippen molar-refractivity contribution in [3.63, 3.8) is 0 Å². The Morgan fingerprint density at radius 2 is 2.10 bits per heavy atom. The number of hydrogen-bond donors (Lipinski definition) is 0. The van der Waals surface area contributed by atoms with Crippen LogP contribution >= 0.6 is 11.6 Å². The highest BCUT2D eigenvalue weighted by Crippen LogP contribution is 2.31. The van der Waals surface area contributed by atoms with Gasteiger partial charge in [-0.15, -0.1) is 0 Å². The van der Waals surface area contributed by atoms with Crippen LogP contribution in [-0.2, 0) is 7.05 Å². The number of nitrogens with zero attached hydrogens (tertiary/aromatic N) is 3. The molecule has 0 aliphatic heterocycles. The molecule has 0 N–H and O–H groups in total. The minimum absolute atomic E-state index is 0.0476. The lowest BCUT2D eigenvalue weighted by atomic mass is 10.2. The second kappa shape index (κ2) is 4.62. The number of benzene rings is 2. The predicted octanol–water partition coefficient (Wildman–Crippen LogP) is 3.90. The van der Waals surface area contributed by atoms with Gasteiger partial charge < -0.3 is 4.57 Å². The lowest BCUT2D eigenvalue weighted by Crippen LogP contribution is -1.94. The van der Waals surface area contributed by atoms with Gasteiger partial charge in [-0.25, -0.2) is 9.37 Å². The fraction of sp³-hybridized carbons (Fsp3) is 0.0667. The van der Waals surface area contributed by atoms with E-state index in [0.717, 1.165) is 5.52 Å². The molecule has 0 amide bonds. The van der Waals surface area contributed by atoms with Gasteiger partial charge in [0.15, 0.2) is 0 Å². The molecule has 0 fully saturated rings. The van der Waals surface area contributed by atoms with Crippen molar-refractivity contribution in [3.8, 4) is 17.5 Å². The SMILES string of the molecule is Cn1c(-c2cccc(F)c2Cl)nc2cc(C#N)ccc21. The third-order valence-electron chi connectivity index (χ3n) is 3.20. The predicted molar refractivity (Wildman–Crippen MR) is 75.8 cm³/mol. The number of halogens is 2. The van der Waals surface area contributed by atoms with E-state index in [4.69, 9.17) is 16.9 Å². The van der Waals surface area contributed by atoms with Gasteiger partial charge in [0, 0.05) is 12.6 Å². The van der Waals surface area contributed by atoms with Gasteiger partial charge in [0.1, 0.15) is 11.6 Å². The normalized spacial score (nSPS) is 10.7. The van der Waals surface area contributed by atoms with Gasteiger partial charge in [-0.3, -0.25) is 0 Å². The summed E-state index contributed by atoms with van der Waals surface area (Å²) >= 11 is 6.01. The Balaban J connectivity index is 2.30. The largest absolute Gasteiger partial charge is 0.327 e. The molecular formula is C15H9ClFN3. The van der Waals surface area contributed by atoms with E-state index < -0.39 is 5.82 Å². The number of aryl methyl sites for hydroxylation is 1. The number of imidazole rings is 1. The summed E-state index contributed by atoms with van der Waals surface area (Å²) in [6, 6.07) is 11.9. The highest BCUT2D eigenvalue weighted by atomic mass is 35.5. The first-order valence-corrected chi connectivity index (χ1v) is 6.30. The quantitative estimate of drug-likeness (QED) is 0.680. The molecule has 1 aromatic heterocycles. The molecule has 0 unspecified atom stereocenters. The van der Waals surface area contributed by atoms with Crippen LogP contribution in [-0.4, -0.2) is 9.55 Å². The number of rotatable bonds is 1. The zero-order valence-electron chi connectivity index (χ0n) is 10.6. The van der Waals surface area contributed by atoms with Crippen molar-refractivity contribution >= 4 is 22.6 Å². The van der Waals surface area contributed by atoms with Crippen LogP contribution in [0.3, 0.4) is 0 Å². The summed E-state index contributed by atoms with van der Waals surface area (Å²) in [7, 11) is 1.83. The van der Waals surface area contributed by atoms with Crippen LogP contribution in [0.5, 0.6) is 0 Å². The smallest absolute Gasteiger partial charge is 0.142 e. The fourth-order valence-electron chi connectivity index (χ4n) is 2.19. The van der Waals surface area contributed by atoms with Crippen molar-refractivity contribution in [2.45, 2.75) is 0 Å². The van der Waals surface area contributed by atoms with E-state index >= 15 is 0 Å². The topological polar surface area (TPSA) is 41.6 Å². The summed E-state index contributed by atoms with van der Waals surface area (Å²) in [6.07, 6.45) is 0. The molecule has 0 saturated carbocycles. The molecule has 2 aromatic carbocycles. The van der Waals surface area contributed by atoms with Crippen molar-refractivity contribution in [2.24, 2.45) is 7.05 Å². The highest BCUT2D eigenvalue weighted by Gasteiger charge is 2.15. The molecule has 3 rings (SSSR count).